The minimum atomic E-state index is 0.294. The number of nitrogens with zero attached hydrogens (tertiary/aromatic N) is 2. The van der Waals surface area contributed by atoms with E-state index in [4.69, 9.17) is 0 Å². The van der Waals surface area contributed by atoms with Crippen LogP contribution in [0.1, 0.15) is 17.3 Å². The largest absolute Gasteiger partial charge is 0.332 e. The first-order valence-corrected chi connectivity index (χ1v) is 5.23. The Hall–Kier alpha value is -1.61. The molecule has 3 nitrogen and oxygen atoms in total. The van der Waals surface area contributed by atoms with Crippen molar-refractivity contribution in [1.29, 1.82) is 0 Å². The van der Waals surface area contributed by atoms with Crippen molar-refractivity contribution >= 4 is 0 Å². The van der Waals surface area contributed by atoms with Gasteiger partial charge in [-0.3, -0.25) is 0 Å². The Bertz CT molecular complexity index is 447. The van der Waals surface area contributed by atoms with E-state index in [0.717, 1.165) is 13.1 Å². The Kier molecular flexibility index (Phi) is 2.03. The highest BCUT2D eigenvalue weighted by molar-refractivity contribution is 5.27. The second-order valence-corrected chi connectivity index (χ2v) is 3.81. The van der Waals surface area contributed by atoms with Gasteiger partial charge in [-0.1, -0.05) is 30.3 Å². The molecule has 0 saturated heterocycles. The number of nitrogens with one attached hydrogen (secondary N) is 1. The highest BCUT2D eigenvalue weighted by Crippen LogP contribution is 2.23. The van der Waals surface area contributed by atoms with Crippen molar-refractivity contribution in [1.82, 2.24) is 14.9 Å². The molecule has 2 heterocycles. The molecule has 1 N–H and O–H groups in total. The van der Waals surface area contributed by atoms with Gasteiger partial charge in [-0.05, 0) is 5.56 Å². The number of aromatic nitrogens is 2. The summed E-state index contributed by atoms with van der Waals surface area (Å²) in [5, 5.41) is 3.52. The second-order valence-electron chi connectivity index (χ2n) is 3.81. The Morgan fingerprint density at radius 2 is 2.13 bits per heavy atom. The van der Waals surface area contributed by atoms with Gasteiger partial charge in [0, 0.05) is 13.1 Å². The number of imidazole rings is 1. The van der Waals surface area contributed by atoms with Crippen molar-refractivity contribution in [2.75, 3.05) is 6.54 Å². The molecule has 0 amide bonds. The highest BCUT2D eigenvalue weighted by Gasteiger charge is 2.20. The van der Waals surface area contributed by atoms with Gasteiger partial charge >= 0.3 is 0 Å². The van der Waals surface area contributed by atoms with Crippen LogP contribution in [0.5, 0.6) is 0 Å². The van der Waals surface area contributed by atoms with Crippen LogP contribution in [0, 0.1) is 0 Å². The van der Waals surface area contributed by atoms with Crippen LogP contribution < -0.4 is 5.32 Å². The van der Waals surface area contributed by atoms with Crippen LogP contribution in [0.2, 0.25) is 0 Å². The molecule has 0 radical (unpaired) electrons. The predicted molar refractivity (Wildman–Crippen MR) is 58.5 cm³/mol. The van der Waals surface area contributed by atoms with Gasteiger partial charge < -0.3 is 9.88 Å². The summed E-state index contributed by atoms with van der Waals surface area (Å²) >= 11 is 0. The quantitative estimate of drug-likeness (QED) is 0.755. The molecule has 0 bridgehead atoms. The van der Waals surface area contributed by atoms with Crippen molar-refractivity contribution in [3.05, 3.63) is 54.1 Å². The van der Waals surface area contributed by atoms with Crippen LogP contribution in [-0.2, 0) is 6.54 Å². The highest BCUT2D eigenvalue weighted by atomic mass is 15.1. The maximum absolute atomic E-state index is 4.20. The minimum Gasteiger partial charge on any atom is -0.332 e. The predicted octanol–water partition coefficient (Wildman–Crippen LogP) is 1.58. The average molecular weight is 199 g/mol. The molecule has 0 aliphatic carbocycles. The molecular weight excluding hydrogens is 186 g/mol. The fraction of sp³-hybridized carbons (Fsp3) is 0.250. The fourth-order valence-corrected chi connectivity index (χ4v) is 2.13. The summed E-state index contributed by atoms with van der Waals surface area (Å²) in [5.74, 6) is 0. The van der Waals surface area contributed by atoms with Gasteiger partial charge in [0.25, 0.3) is 0 Å². The van der Waals surface area contributed by atoms with Gasteiger partial charge in [-0.15, -0.1) is 0 Å². The van der Waals surface area contributed by atoms with E-state index in [-0.39, 0.29) is 0 Å². The third-order valence-corrected chi connectivity index (χ3v) is 2.87. The first-order chi connectivity index (χ1) is 7.45. The van der Waals surface area contributed by atoms with E-state index < -0.39 is 0 Å². The van der Waals surface area contributed by atoms with Gasteiger partial charge in [-0.2, -0.15) is 0 Å². The first kappa shape index (κ1) is 8.68. The molecule has 1 aromatic carbocycles. The Morgan fingerprint density at radius 1 is 1.27 bits per heavy atom. The van der Waals surface area contributed by atoms with E-state index in [1.165, 1.54) is 11.3 Å². The maximum Gasteiger partial charge on any atom is 0.0949 e. The molecule has 3 rings (SSSR count). The zero-order chi connectivity index (χ0) is 10.1. The summed E-state index contributed by atoms with van der Waals surface area (Å²) in [6, 6.07) is 10.8. The van der Waals surface area contributed by atoms with Crippen LogP contribution in [0.25, 0.3) is 0 Å². The first-order valence-electron chi connectivity index (χ1n) is 5.23. The van der Waals surface area contributed by atoms with E-state index in [1.807, 2.05) is 18.6 Å². The molecule has 3 heteroatoms. The lowest BCUT2D eigenvalue weighted by molar-refractivity contribution is 0.467. The van der Waals surface area contributed by atoms with E-state index in [1.54, 1.807) is 0 Å². The Morgan fingerprint density at radius 3 is 3.00 bits per heavy atom. The normalized spacial score (nSPS) is 19.9. The Labute approximate surface area is 88.8 Å². The van der Waals surface area contributed by atoms with Crippen molar-refractivity contribution < 1.29 is 0 Å². The smallest absolute Gasteiger partial charge is 0.0949 e. The van der Waals surface area contributed by atoms with Crippen molar-refractivity contribution in [2.45, 2.75) is 12.6 Å². The maximum atomic E-state index is 4.20. The van der Waals surface area contributed by atoms with E-state index >= 15 is 0 Å². The molecule has 1 aliphatic heterocycles. The third-order valence-electron chi connectivity index (χ3n) is 2.87. The van der Waals surface area contributed by atoms with Crippen molar-refractivity contribution in [3.63, 3.8) is 0 Å². The zero-order valence-corrected chi connectivity index (χ0v) is 8.43. The monoisotopic (exact) mass is 199 g/mol. The average Bonchev–Trinajstić information content (AvgIpc) is 2.78. The molecule has 1 atom stereocenters. The van der Waals surface area contributed by atoms with E-state index in [9.17, 15) is 0 Å². The molecule has 15 heavy (non-hydrogen) atoms. The molecule has 2 aromatic rings. The van der Waals surface area contributed by atoms with Crippen LogP contribution in [0.3, 0.4) is 0 Å². The van der Waals surface area contributed by atoms with Crippen LogP contribution in [0.4, 0.5) is 0 Å². The molecular formula is C12H13N3. The van der Waals surface area contributed by atoms with Gasteiger partial charge in [-0.25, -0.2) is 4.98 Å². The van der Waals surface area contributed by atoms with Crippen molar-refractivity contribution in [2.24, 2.45) is 0 Å². The standard InChI is InChI=1S/C12H13N3/c1-2-4-10(5-3-1)12-11-8-13-9-15(11)7-6-14-12/h1-5,8-9,12,14H,6-7H2. The Balaban J connectivity index is 2.03. The summed E-state index contributed by atoms with van der Waals surface area (Å²) in [7, 11) is 0. The lowest BCUT2D eigenvalue weighted by Gasteiger charge is -2.25. The minimum absolute atomic E-state index is 0.294. The third kappa shape index (κ3) is 1.45. The molecule has 0 saturated carbocycles. The topological polar surface area (TPSA) is 29.9 Å². The lowest BCUT2D eigenvalue weighted by Crippen LogP contribution is -2.33. The molecule has 1 unspecified atom stereocenters. The van der Waals surface area contributed by atoms with Gasteiger partial charge in [0.2, 0.25) is 0 Å². The van der Waals surface area contributed by atoms with Crippen LogP contribution in [-0.4, -0.2) is 16.1 Å². The molecule has 76 valence electrons. The molecule has 0 spiro atoms. The summed E-state index contributed by atoms with van der Waals surface area (Å²) in [6.07, 6.45) is 3.86. The van der Waals surface area contributed by atoms with Gasteiger partial charge in [0.1, 0.15) is 0 Å². The van der Waals surface area contributed by atoms with E-state index in [2.05, 4.69) is 39.1 Å². The number of fused-ring (bicyclic) bond motifs is 1. The van der Waals surface area contributed by atoms with Gasteiger partial charge in [0.05, 0.1) is 24.3 Å². The lowest BCUT2D eigenvalue weighted by atomic mass is 10.0. The molecule has 1 aliphatic rings. The molecule has 0 fully saturated rings. The summed E-state index contributed by atoms with van der Waals surface area (Å²) < 4.78 is 2.22. The van der Waals surface area contributed by atoms with Crippen LogP contribution in [0.15, 0.2) is 42.9 Å². The number of rotatable bonds is 1. The SMILES string of the molecule is c1ccc(C2NCCn3cncc32)cc1. The zero-order valence-electron chi connectivity index (χ0n) is 8.43. The number of hydrogen-bond donors (Lipinski definition) is 1. The number of hydrogen-bond acceptors (Lipinski definition) is 2. The second kappa shape index (κ2) is 3.51. The fourth-order valence-electron chi connectivity index (χ4n) is 2.13. The van der Waals surface area contributed by atoms with Crippen molar-refractivity contribution in [3.8, 4) is 0 Å². The van der Waals surface area contributed by atoms with E-state index in [0.29, 0.717) is 6.04 Å². The summed E-state index contributed by atoms with van der Waals surface area (Å²) in [5.41, 5.74) is 2.56. The summed E-state index contributed by atoms with van der Waals surface area (Å²) in [6.45, 7) is 2.02. The summed E-state index contributed by atoms with van der Waals surface area (Å²) in [4.78, 5) is 4.20. The number of benzene rings is 1. The molecule has 1 aromatic heterocycles. The van der Waals surface area contributed by atoms with Gasteiger partial charge in [0.15, 0.2) is 0 Å². The van der Waals surface area contributed by atoms with Crippen LogP contribution >= 0.6 is 0 Å².